The van der Waals surface area contributed by atoms with Gasteiger partial charge in [0.1, 0.15) is 0 Å². The second kappa shape index (κ2) is 4.75. The van der Waals surface area contributed by atoms with E-state index >= 15 is 0 Å². The lowest BCUT2D eigenvalue weighted by Gasteiger charge is -2.20. The first-order valence-electron chi connectivity index (χ1n) is 7.01. The van der Waals surface area contributed by atoms with Crippen LogP contribution >= 0.6 is 0 Å². The van der Waals surface area contributed by atoms with Crippen molar-refractivity contribution in [1.82, 2.24) is 4.98 Å². The summed E-state index contributed by atoms with van der Waals surface area (Å²) in [5.74, 6) is 0. The van der Waals surface area contributed by atoms with Crippen LogP contribution in [0.4, 0.5) is 0 Å². The maximum Gasteiger partial charge on any atom is 0.0711 e. The Labute approximate surface area is 120 Å². The number of benzene rings is 2. The van der Waals surface area contributed by atoms with E-state index in [2.05, 4.69) is 81.4 Å². The summed E-state index contributed by atoms with van der Waals surface area (Å²) in [4.78, 5) is 4.83. The molecule has 0 N–H and O–H groups in total. The second-order valence-corrected chi connectivity index (χ2v) is 6.19. The highest BCUT2D eigenvalue weighted by Crippen LogP contribution is 2.32. The van der Waals surface area contributed by atoms with Crippen molar-refractivity contribution in [3.05, 3.63) is 66.4 Å². The molecule has 3 aromatic rings. The quantitative estimate of drug-likeness (QED) is 0.586. The van der Waals surface area contributed by atoms with Crippen molar-refractivity contribution in [1.29, 1.82) is 0 Å². The molecule has 100 valence electrons. The number of rotatable bonds is 1. The highest BCUT2D eigenvalue weighted by Gasteiger charge is 2.18. The number of aromatic nitrogens is 1. The zero-order valence-electron chi connectivity index (χ0n) is 12.2. The molecule has 0 unspecified atom stereocenters. The number of nitrogens with zero attached hydrogens (tertiary/aromatic N) is 1. The highest BCUT2D eigenvalue weighted by molar-refractivity contribution is 5.94. The predicted molar refractivity (Wildman–Crippen MR) is 85.9 cm³/mol. The number of hydrogen-bond acceptors (Lipinski definition) is 1. The van der Waals surface area contributed by atoms with E-state index in [0.29, 0.717) is 0 Å². The summed E-state index contributed by atoms with van der Waals surface area (Å²) >= 11 is 0. The molecular weight excluding hydrogens is 242 g/mol. The Hall–Kier alpha value is -2.15. The van der Waals surface area contributed by atoms with Crippen molar-refractivity contribution < 1.29 is 0 Å². The lowest BCUT2D eigenvalue weighted by molar-refractivity contribution is 0.572. The number of pyridine rings is 1. The Bertz CT molecular complexity index is 737. The van der Waals surface area contributed by atoms with Gasteiger partial charge in [0.05, 0.1) is 5.52 Å². The topological polar surface area (TPSA) is 12.9 Å². The highest BCUT2D eigenvalue weighted by atomic mass is 14.7. The summed E-state index contributed by atoms with van der Waals surface area (Å²) in [5, 5.41) is 1.21. The average molecular weight is 261 g/mol. The molecule has 0 aliphatic rings. The van der Waals surface area contributed by atoms with Crippen molar-refractivity contribution in [2.24, 2.45) is 0 Å². The molecule has 1 heteroatoms. The van der Waals surface area contributed by atoms with Crippen LogP contribution in [0.15, 0.2) is 60.7 Å². The van der Waals surface area contributed by atoms with Gasteiger partial charge >= 0.3 is 0 Å². The molecule has 0 saturated carbocycles. The fourth-order valence-corrected chi connectivity index (χ4v) is 2.42. The third-order valence-corrected chi connectivity index (χ3v) is 3.57. The van der Waals surface area contributed by atoms with Crippen molar-refractivity contribution in [3.63, 3.8) is 0 Å². The minimum Gasteiger partial charge on any atom is -0.252 e. The molecule has 1 heterocycles. The summed E-state index contributed by atoms with van der Waals surface area (Å²) in [6.07, 6.45) is 0. The number of para-hydroxylation sites is 1. The average Bonchev–Trinajstić information content (AvgIpc) is 2.46. The fourth-order valence-electron chi connectivity index (χ4n) is 2.42. The first kappa shape index (κ1) is 12.9. The molecule has 0 aliphatic heterocycles. The lowest BCUT2D eigenvalue weighted by Crippen LogP contribution is -2.13. The SMILES string of the molecule is CC(C)(C)c1cc(-c2ccccc2)c2ccccc2n1. The summed E-state index contributed by atoms with van der Waals surface area (Å²) in [7, 11) is 0. The monoisotopic (exact) mass is 261 g/mol. The third kappa shape index (κ3) is 2.32. The van der Waals surface area contributed by atoms with Crippen LogP contribution in [0.25, 0.3) is 22.0 Å². The van der Waals surface area contributed by atoms with Crippen molar-refractivity contribution in [3.8, 4) is 11.1 Å². The largest absolute Gasteiger partial charge is 0.252 e. The van der Waals surface area contributed by atoms with Crippen LogP contribution < -0.4 is 0 Å². The van der Waals surface area contributed by atoms with Crippen LogP contribution in [-0.4, -0.2) is 4.98 Å². The molecule has 2 aromatic carbocycles. The number of hydrogen-bond donors (Lipinski definition) is 0. The van der Waals surface area contributed by atoms with Crippen molar-refractivity contribution in [2.45, 2.75) is 26.2 Å². The van der Waals surface area contributed by atoms with E-state index in [1.165, 1.54) is 16.5 Å². The number of fused-ring (bicyclic) bond motifs is 1. The Morgan fingerprint density at radius 3 is 2.15 bits per heavy atom. The minimum absolute atomic E-state index is 0.0492. The van der Waals surface area contributed by atoms with Crippen molar-refractivity contribution >= 4 is 10.9 Å². The van der Waals surface area contributed by atoms with E-state index in [1.54, 1.807) is 0 Å². The van der Waals surface area contributed by atoms with E-state index in [4.69, 9.17) is 4.98 Å². The van der Waals surface area contributed by atoms with Crippen molar-refractivity contribution in [2.75, 3.05) is 0 Å². The van der Waals surface area contributed by atoms with Gasteiger partial charge < -0.3 is 0 Å². The third-order valence-electron chi connectivity index (χ3n) is 3.57. The van der Waals surface area contributed by atoms with Gasteiger partial charge in [-0.15, -0.1) is 0 Å². The van der Waals surface area contributed by atoms with Crippen LogP contribution in [0, 0.1) is 0 Å². The Morgan fingerprint density at radius 2 is 1.45 bits per heavy atom. The molecule has 1 nitrogen and oxygen atoms in total. The van der Waals surface area contributed by atoms with Crippen LogP contribution in [-0.2, 0) is 5.41 Å². The van der Waals surface area contributed by atoms with E-state index in [-0.39, 0.29) is 5.41 Å². The molecule has 0 spiro atoms. The zero-order chi connectivity index (χ0) is 14.2. The van der Waals surface area contributed by atoms with Gasteiger partial charge in [-0.05, 0) is 23.3 Å². The van der Waals surface area contributed by atoms with Crippen LogP contribution in [0.1, 0.15) is 26.5 Å². The first-order valence-corrected chi connectivity index (χ1v) is 7.01. The molecule has 0 amide bonds. The van der Waals surface area contributed by atoms with Gasteiger partial charge in [-0.3, -0.25) is 4.98 Å². The Morgan fingerprint density at radius 1 is 0.800 bits per heavy atom. The molecule has 20 heavy (non-hydrogen) atoms. The molecule has 0 saturated heterocycles. The van der Waals surface area contributed by atoms with E-state index < -0.39 is 0 Å². The molecular formula is C19H19N. The Balaban J connectivity index is 2.34. The lowest BCUT2D eigenvalue weighted by atomic mass is 9.88. The Kier molecular flexibility index (Phi) is 3.06. The zero-order valence-corrected chi connectivity index (χ0v) is 12.2. The molecule has 0 bridgehead atoms. The van der Waals surface area contributed by atoms with Crippen LogP contribution in [0.3, 0.4) is 0 Å². The standard InChI is InChI=1S/C19H19N/c1-19(2,3)18-13-16(14-9-5-4-6-10-14)15-11-7-8-12-17(15)20-18/h4-13H,1-3H3. The van der Waals surface area contributed by atoms with Gasteiger partial charge in [0.15, 0.2) is 0 Å². The van der Waals surface area contributed by atoms with Gasteiger partial charge in [-0.2, -0.15) is 0 Å². The fraction of sp³-hybridized carbons (Fsp3) is 0.211. The maximum absolute atomic E-state index is 4.83. The van der Waals surface area contributed by atoms with Gasteiger partial charge in [-0.1, -0.05) is 69.3 Å². The molecule has 1 aromatic heterocycles. The van der Waals surface area contributed by atoms with E-state index in [0.717, 1.165) is 11.2 Å². The first-order chi connectivity index (χ1) is 9.55. The molecule has 0 aliphatic carbocycles. The normalized spacial score (nSPS) is 11.8. The van der Waals surface area contributed by atoms with Gasteiger partial charge in [0.2, 0.25) is 0 Å². The maximum atomic E-state index is 4.83. The van der Waals surface area contributed by atoms with Gasteiger partial charge in [0, 0.05) is 16.5 Å². The summed E-state index contributed by atoms with van der Waals surface area (Å²) in [6.45, 7) is 6.62. The van der Waals surface area contributed by atoms with E-state index in [1.807, 2.05) is 0 Å². The van der Waals surface area contributed by atoms with Crippen LogP contribution in [0.5, 0.6) is 0 Å². The van der Waals surface area contributed by atoms with Gasteiger partial charge in [-0.25, -0.2) is 0 Å². The predicted octanol–water partition coefficient (Wildman–Crippen LogP) is 5.20. The second-order valence-electron chi connectivity index (χ2n) is 6.19. The molecule has 0 radical (unpaired) electrons. The van der Waals surface area contributed by atoms with Crippen LogP contribution in [0.2, 0.25) is 0 Å². The van der Waals surface area contributed by atoms with Gasteiger partial charge in [0.25, 0.3) is 0 Å². The summed E-state index contributed by atoms with van der Waals surface area (Å²) in [5.41, 5.74) is 4.76. The molecule has 0 fully saturated rings. The minimum atomic E-state index is 0.0492. The summed E-state index contributed by atoms with van der Waals surface area (Å²) < 4.78 is 0. The molecule has 3 rings (SSSR count). The smallest absolute Gasteiger partial charge is 0.0711 e. The van der Waals surface area contributed by atoms with E-state index in [9.17, 15) is 0 Å². The molecule has 0 atom stereocenters. The summed E-state index contributed by atoms with van der Waals surface area (Å²) in [6, 6.07) is 21.2.